The predicted molar refractivity (Wildman–Crippen MR) is 145 cm³/mol. The number of carbonyl (C=O) groups excluding carboxylic acids is 1. The van der Waals surface area contributed by atoms with Crippen LogP contribution < -0.4 is 4.74 Å². The lowest BCUT2D eigenvalue weighted by Crippen LogP contribution is -2.27. The first kappa shape index (κ1) is 28.2. The summed E-state index contributed by atoms with van der Waals surface area (Å²) in [5.74, 6) is -0.289. The molecule has 0 saturated carbocycles. The van der Waals surface area contributed by atoms with E-state index in [-0.39, 0.29) is 5.97 Å². The Labute approximate surface area is 223 Å². The third-order valence-electron chi connectivity index (χ3n) is 6.27. The molecule has 37 heavy (non-hydrogen) atoms. The average Bonchev–Trinajstić information content (AvgIpc) is 2.89. The maximum Gasteiger partial charge on any atom is 0.335 e. The van der Waals surface area contributed by atoms with Crippen LogP contribution in [0.4, 0.5) is 0 Å². The predicted octanol–water partition coefficient (Wildman–Crippen LogP) is 6.31. The molecule has 196 valence electrons. The van der Waals surface area contributed by atoms with E-state index in [9.17, 15) is 14.7 Å². The van der Waals surface area contributed by atoms with Gasteiger partial charge in [-0.25, -0.2) is 4.79 Å². The van der Waals surface area contributed by atoms with Crippen molar-refractivity contribution in [3.8, 4) is 5.75 Å². The number of rotatable bonds is 14. The zero-order valence-corrected chi connectivity index (χ0v) is 22.2. The van der Waals surface area contributed by atoms with Gasteiger partial charge in [-0.1, -0.05) is 60.1 Å². The van der Waals surface area contributed by atoms with Crippen LogP contribution in [0.25, 0.3) is 0 Å². The molecule has 3 aromatic carbocycles. The summed E-state index contributed by atoms with van der Waals surface area (Å²) in [5.41, 5.74) is 4.16. The zero-order valence-electron chi connectivity index (χ0n) is 21.4. The minimum absolute atomic E-state index is 0.198. The van der Waals surface area contributed by atoms with E-state index < -0.39 is 5.97 Å². The van der Waals surface area contributed by atoms with Crippen LogP contribution in [-0.4, -0.2) is 42.1 Å². The van der Waals surface area contributed by atoms with Gasteiger partial charge in [0.15, 0.2) is 0 Å². The second-order valence-corrected chi connectivity index (χ2v) is 9.41. The molecular weight excluding hydrogens is 490 g/mol. The summed E-state index contributed by atoms with van der Waals surface area (Å²) in [6.07, 6.45) is 2.78. The zero-order chi connectivity index (χ0) is 26.6. The number of hydrogen-bond acceptors (Lipinski definition) is 5. The number of nitrogens with zero attached hydrogens (tertiary/aromatic N) is 1. The molecule has 0 bridgehead atoms. The minimum atomic E-state index is -0.919. The summed E-state index contributed by atoms with van der Waals surface area (Å²) in [6, 6.07) is 21.1. The first-order valence-corrected chi connectivity index (χ1v) is 12.8. The second-order valence-electron chi connectivity index (χ2n) is 9.00. The van der Waals surface area contributed by atoms with Crippen LogP contribution in [0.15, 0.2) is 66.7 Å². The lowest BCUT2D eigenvalue weighted by atomic mass is 10.0. The normalized spacial score (nSPS) is 10.9. The van der Waals surface area contributed by atoms with Gasteiger partial charge in [0.25, 0.3) is 0 Å². The quantitative estimate of drug-likeness (QED) is 0.197. The van der Waals surface area contributed by atoms with E-state index in [2.05, 4.69) is 11.0 Å². The molecule has 0 unspecified atom stereocenters. The van der Waals surface area contributed by atoms with E-state index in [0.29, 0.717) is 30.2 Å². The summed E-state index contributed by atoms with van der Waals surface area (Å²) in [5, 5.41) is 10.0. The maximum absolute atomic E-state index is 11.5. The molecule has 7 heteroatoms. The highest BCUT2D eigenvalue weighted by atomic mass is 35.5. The smallest absolute Gasteiger partial charge is 0.335 e. The van der Waals surface area contributed by atoms with Crippen molar-refractivity contribution in [3.05, 3.63) is 99.6 Å². The number of benzene rings is 3. The molecule has 0 spiro atoms. The van der Waals surface area contributed by atoms with Crippen LogP contribution in [-0.2, 0) is 29.1 Å². The Morgan fingerprint density at radius 3 is 2.38 bits per heavy atom. The highest BCUT2D eigenvalue weighted by Crippen LogP contribution is 2.23. The Hall–Kier alpha value is -3.35. The van der Waals surface area contributed by atoms with Gasteiger partial charge in [0, 0.05) is 30.1 Å². The molecule has 0 saturated heterocycles. The number of carbonyl (C=O) groups is 2. The van der Waals surface area contributed by atoms with Crippen LogP contribution in [0, 0.1) is 6.92 Å². The minimum Gasteiger partial charge on any atom is -0.489 e. The standard InChI is InChI=1S/C30H34ClNO5/c1-22-19-23(14-15-26(22)30(34)35)20-32(17-8-7-13-29(33)36-2)18-16-24-9-4-6-12-28(24)37-21-25-10-3-5-11-27(25)31/h3-6,9-12,14-15,19H,7-8,13,16-18,20-21H2,1-2H3,(H,34,35). The van der Waals surface area contributed by atoms with Crippen molar-refractivity contribution in [1.82, 2.24) is 4.90 Å². The van der Waals surface area contributed by atoms with Gasteiger partial charge in [-0.2, -0.15) is 0 Å². The van der Waals surface area contributed by atoms with Gasteiger partial charge < -0.3 is 14.6 Å². The summed E-state index contributed by atoms with van der Waals surface area (Å²) in [6.45, 7) is 4.48. The fraction of sp³-hybridized carbons (Fsp3) is 0.333. The molecule has 0 heterocycles. The Morgan fingerprint density at radius 2 is 1.68 bits per heavy atom. The Kier molecular flexibility index (Phi) is 11.0. The van der Waals surface area contributed by atoms with Crippen molar-refractivity contribution >= 4 is 23.5 Å². The van der Waals surface area contributed by atoms with Crippen LogP contribution in [0.5, 0.6) is 5.75 Å². The monoisotopic (exact) mass is 523 g/mol. The molecule has 0 aliphatic rings. The van der Waals surface area contributed by atoms with Gasteiger partial charge in [-0.3, -0.25) is 9.69 Å². The first-order chi connectivity index (χ1) is 17.9. The maximum atomic E-state index is 11.5. The number of esters is 1. The number of carboxylic acids is 1. The summed E-state index contributed by atoms with van der Waals surface area (Å²) < 4.78 is 10.9. The van der Waals surface area contributed by atoms with Crippen molar-refractivity contribution in [2.24, 2.45) is 0 Å². The number of aryl methyl sites for hydroxylation is 1. The van der Waals surface area contributed by atoms with E-state index in [4.69, 9.17) is 21.1 Å². The van der Waals surface area contributed by atoms with Crippen molar-refractivity contribution in [1.29, 1.82) is 0 Å². The van der Waals surface area contributed by atoms with Gasteiger partial charge in [-0.15, -0.1) is 0 Å². The average molecular weight is 524 g/mol. The molecule has 0 fully saturated rings. The van der Waals surface area contributed by atoms with Crippen molar-refractivity contribution in [3.63, 3.8) is 0 Å². The van der Waals surface area contributed by atoms with E-state index in [0.717, 1.165) is 60.4 Å². The molecule has 0 aliphatic carbocycles. The van der Waals surface area contributed by atoms with Crippen LogP contribution in [0.3, 0.4) is 0 Å². The SMILES string of the molecule is COC(=O)CCCCN(CCc1ccccc1OCc1ccccc1Cl)Cc1ccc(C(=O)O)c(C)c1. The second kappa shape index (κ2) is 14.4. The molecular formula is C30H34ClNO5. The summed E-state index contributed by atoms with van der Waals surface area (Å²) >= 11 is 6.29. The highest BCUT2D eigenvalue weighted by molar-refractivity contribution is 6.31. The van der Waals surface area contributed by atoms with E-state index in [1.165, 1.54) is 7.11 Å². The molecule has 0 amide bonds. The Balaban J connectivity index is 1.67. The topological polar surface area (TPSA) is 76.1 Å². The van der Waals surface area contributed by atoms with Gasteiger partial charge in [0.2, 0.25) is 0 Å². The fourth-order valence-electron chi connectivity index (χ4n) is 4.20. The molecule has 1 N–H and O–H groups in total. The highest BCUT2D eigenvalue weighted by Gasteiger charge is 2.13. The number of unbranched alkanes of at least 4 members (excludes halogenated alkanes) is 1. The van der Waals surface area contributed by atoms with E-state index >= 15 is 0 Å². The number of aromatic carboxylic acids is 1. The number of methoxy groups -OCH3 is 1. The number of hydrogen-bond donors (Lipinski definition) is 1. The lowest BCUT2D eigenvalue weighted by Gasteiger charge is -2.23. The Morgan fingerprint density at radius 1 is 0.946 bits per heavy atom. The van der Waals surface area contributed by atoms with Crippen molar-refractivity contribution in [2.75, 3.05) is 20.2 Å². The fourth-order valence-corrected chi connectivity index (χ4v) is 4.39. The Bertz CT molecular complexity index is 1200. The lowest BCUT2D eigenvalue weighted by molar-refractivity contribution is -0.140. The number of halogens is 1. The number of ether oxygens (including phenoxy) is 2. The first-order valence-electron chi connectivity index (χ1n) is 12.4. The number of para-hydroxylation sites is 1. The molecule has 0 aromatic heterocycles. The van der Waals surface area contributed by atoms with Gasteiger partial charge in [0.05, 0.1) is 12.7 Å². The number of carboxylic acid groups (broad SMARTS) is 1. The van der Waals surface area contributed by atoms with Crippen LogP contribution >= 0.6 is 11.6 Å². The summed E-state index contributed by atoms with van der Waals surface area (Å²) in [4.78, 5) is 25.2. The third-order valence-corrected chi connectivity index (χ3v) is 6.64. The molecule has 0 radical (unpaired) electrons. The van der Waals surface area contributed by atoms with E-state index in [1.54, 1.807) is 6.07 Å². The van der Waals surface area contributed by atoms with Gasteiger partial charge >= 0.3 is 11.9 Å². The molecule has 3 aromatic rings. The van der Waals surface area contributed by atoms with E-state index in [1.807, 2.05) is 61.5 Å². The van der Waals surface area contributed by atoms with Crippen molar-refractivity contribution < 1.29 is 24.2 Å². The van der Waals surface area contributed by atoms with Gasteiger partial charge in [0.1, 0.15) is 12.4 Å². The molecule has 6 nitrogen and oxygen atoms in total. The van der Waals surface area contributed by atoms with Crippen LogP contribution in [0.1, 0.15) is 51.9 Å². The molecule has 0 aliphatic heterocycles. The van der Waals surface area contributed by atoms with Crippen molar-refractivity contribution in [2.45, 2.75) is 45.8 Å². The summed E-state index contributed by atoms with van der Waals surface area (Å²) in [7, 11) is 1.41. The van der Waals surface area contributed by atoms with Crippen LogP contribution in [0.2, 0.25) is 5.02 Å². The molecule has 3 rings (SSSR count). The molecule has 0 atom stereocenters. The van der Waals surface area contributed by atoms with Gasteiger partial charge in [-0.05, 0) is 67.6 Å². The third kappa shape index (κ3) is 8.92. The largest absolute Gasteiger partial charge is 0.489 e.